The molecule has 7 nitrogen and oxygen atoms in total. The Hall–Kier alpha value is -3.40. The van der Waals surface area contributed by atoms with E-state index in [2.05, 4.69) is 5.32 Å². The number of benzene rings is 2. The second-order valence-electron chi connectivity index (χ2n) is 5.72. The molecule has 0 aliphatic rings. The average molecular weight is 338 g/mol. The van der Waals surface area contributed by atoms with Gasteiger partial charge in [0.1, 0.15) is 12.1 Å². The third-order valence-corrected chi connectivity index (χ3v) is 3.69. The fourth-order valence-corrected chi connectivity index (χ4v) is 2.41. The number of rotatable bonds is 6. The summed E-state index contributed by atoms with van der Waals surface area (Å²) in [6.45, 7) is 0. The lowest BCUT2D eigenvalue weighted by Gasteiger charge is -2.23. The van der Waals surface area contributed by atoms with Crippen LogP contribution in [0.1, 0.15) is 11.1 Å². The Labute approximate surface area is 145 Å². The number of likely N-dealkylation sites (N-methyl/N-ethyl adjacent to an activating group) is 1. The largest absolute Gasteiger partial charge is 0.372 e. The molecule has 0 heterocycles. The van der Waals surface area contributed by atoms with E-state index in [0.717, 1.165) is 5.56 Å². The second kappa shape index (κ2) is 7.93. The predicted molar refractivity (Wildman–Crippen MR) is 94.1 cm³/mol. The molecule has 1 atom stereocenters. The summed E-state index contributed by atoms with van der Waals surface area (Å²) in [6.07, 6.45) is 0.430. The quantitative estimate of drug-likeness (QED) is 0.644. The molecule has 0 bridgehead atoms. The summed E-state index contributed by atoms with van der Waals surface area (Å²) in [5.74, 6) is -0.147. The molecule has 128 valence electrons. The van der Waals surface area contributed by atoms with Crippen LogP contribution in [-0.4, -0.2) is 35.9 Å². The van der Waals surface area contributed by atoms with Crippen molar-refractivity contribution in [2.75, 3.05) is 19.4 Å². The number of non-ortho nitro benzene ring substituents is 1. The molecule has 0 fully saturated rings. The minimum atomic E-state index is -0.592. The van der Waals surface area contributed by atoms with Gasteiger partial charge in [-0.1, -0.05) is 30.3 Å². The second-order valence-corrected chi connectivity index (χ2v) is 5.72. The third kappa shape index (κ3) is 4.54. The van der Waals surface area contributed by atoms with Gasteiger partial charge < -0.3 is 10.2 Å². The van der Waals surface area contributed by atoms with Crippen LogP contribution in [0.15, 0.2) is 48.5 Å². The van der Waals surface area contributed by atoms with Crippen molar-refractivity contribution in [1.82, 2.24) is 4.90 Å². The van der Waals surface area contributed by atoms with Crippen molar-refractivity contribution < 1.29 is 9.72 Å². The Morgan fingerprint density at radius 3 is 2.52 bits per heavy atom. The van der Waals surface area contributed by atoms with Gasteiger partial charge in [0, 0.05) is 32.6 Å². The lowest BCUT2D eigenvalue weighted by atomic mass is 10.0. The molecule has 0 radical (unpaired) electrons. The van der Waals surface area contributed by atoms with E-state index in [1.807, 2.05) is 36.4 Å². The van der Waals surface area contributed by atoms with Gasteiger partial charge in [-0.05, 0) is 11.6 Å². The molecule has 2 aromatic rings. The van der Waals surface area contributed by atoms with Crippen LogP contribution in [0, 0.1) is 21.4 Å². The van der Waals surface area contributed by atoms with Crippen LogP contribution in [0.4, 0.5) is 11.4 Å². The van der Waals surface area contributed by atoms with E-state index >= 15 is 0 Å². The summed E-state index contributed by atoms with van der Waals surface area (Å²) >= 11 is 0. The topological polar surface area (TPSA) is 99.3 Å². The number of carbonyl (C=O) groups is 1. The van der Waals surface area contributed by atoms with E-state index < -0.39 is 11.0 Å². The molecular formula is C18H18N4O3. The third-order valence-electron chi connectivity index (χ3n) is 3.69. The van der Waals surface area contributed by atoms with Gasteiger partial charge in [-0.3, -0.25) is 14.9 Å². The maximum absolute atomic E-state index is 12.5. The highest BCUT2D eigenvalue weighted by atomic mass is 16.6. The van der Waals surface area contributed by atoms with Crippen LogP contribution in [-0.2, 0) is 11.2 Å². The van der Waals surface area contributed by atoms with Crippen LogP contribution in [0.5, 0.6) is 0 Å². The van der Waals surface area contributed by atoms with E-state index in [4.69, 9.17) is 0 Å². The highest BCUT2D eigenvalue weighted by Crippen LogP contribution is 2.23. The molecule has 0 aromatic heterocycles. The predicted octanol–water partition coefficient (Wildman–Crippen LogP) is 2.58. The Morgan fingerprint density at radius 1 is 1.28 bits per heavy atom. The first-order valence-electron chi connectivity index (χ1n) is 7.62. The van der Waals surface area contributed by atoms with Crippen LogP contribution in [0.2, 0.25) is 0 Å². The summed E-state index contributed by atoms with van der Waals surface area (Å²) < 4.78 is 0. The van der Waals surface area contributed by atoms with Gasteiger partial charge in [-0.25, -0.2) is 0 Å². The molecule has 0 spiro atoms. The highest BCUT2D eigenvalue weighted by Gasteiger charge is 2.22. The summed E-state index contributed by atoms with van der Waals surface area (Å²) in [5, 5.41) is 23.2. The number of carbonyl (C=O) groups excluding carboxylic acids is 1. The van der Waals surface area contributed by atoms with Gasteiger partial charge in [0.25, 0.3) is 5.69 Å². The molecule has 0 aliphatic heterocycles. The van der Waals surface area contributed by atoms with Crippen molar-refractivity contribution in [3.05, 3.63) is 69.8 Å². The Bertz CT molecular complexity index is 813. The van der Waals surface area contributed by atoms with Gasteiger partial charge in [-0.15, -0.1) is 0 Å². The number of nitro groups is 1. The fraction of sp³-hybridized carbons (Fsp3) is 0.222. The molecule has 1 amide bonds. The van der Waals surface area contributed by atoms with Gasteiger partial charge >= 0.3 is 0 Å². The zero-order valence-electron chi connectivity index (χ0n) is 14.0. The molecule has 0 saturated carbocycles. The number of nitrogens with one attached hydrogen (secondary N) is 1. The standard InChI is InChI=1S/C18H18N4O3/c1-21(2)18(23)17(10-13-6-4-3-5-7-13)20-16-9-8-15(22(24)25)11-14(16)12-19/h3-9,11,17,20H,10H2,1-2H3. The molecule has 2 rings (SSSR count). The van der Waals surface area contributed by atoms with Crippen LogP contribution in [0.25, 0.3) is 0 Å². The Morgan fingerprint density at radius 2 is 1.96 bits per heavy atom. The SMILES string of the molecule is CN(C)C(=O)C(Cc1ccccc1)Nc1ccc([N+](=O)[O-])cc1C#N. The van der Waals surface area contributed by atoms with Crippen molar-refractivity contribution in [1.29, 1.82) is 5.26 Å². The molecule has 1 unspecified atom stereocenters. The maximum Gasteiger partial charge on any atom is 0.270 e. The zero-order chi connectivity index (χ0) is 18.4. The number of nitro benzene ring substituents is 1. The lowest BCUT2D eigenvalue weighted by Crippen LogP contribution is -2.40. The number of hydrogen-bond donors (Lipinski definition) is 1. The minimum absolute atomic E-state index is 0.124. The summed E-state index contributed by atoms with van der Waals surface area (Å²) in [7, 11) is 3.31. The van der Waals surface area contributed by atoms with Gasteiger partial charge in [0.05, 0.1) is 16.2 Å². The van der Waals surface area contributed by atoms with Crippen LogP contribution < -0.4 is 5.32 Å². The molecule has 7 heteroatoms. The van der Waals surface area contributed by atoms with Gasteiger partial charge in [0.15, 0.2) is 0 Å². The number of hydrogen-bond acceptors (Lipinski definition) is 5. The van der Waals surface area contributed by atoms with E-state index in [9.17, 15) is 20.2 Å². The minimum Gasteiger partial charge on any atom is -0.372 e. The first-order valence-corrected chi connectivity index (χ1v) is 7.62. The van der Waals surface area contributed by atoms with E-state index in [1.54, 1.807) is 14.1 Å². The molecule has 0 aliphatic carbocycles. The highest BCUT2D eigenvalue weighted by molar-refractivity contribution is 5.85. The summed E-state index contributed by atoms with van der Waals surface area (Å²) in [5.41, 5.74) is 1.32. The zero-order valence-corrected chi connectivity index (χ0v) is 14.0. The monoisotopic (exact) mass is 338 g/mol. The number of nitrogens with zero attached hydrogens (tertiary/aromatic N) is 3. The van der Waals surface area contributed by atoms with Crippen molar-refractivity contribution in [2.45, 2.75) is 12.5 Å². The van der Waals surface area contributed by atoms with E-state index in [-0.39, 0.29) is 17.2 Å². The lowest BCUT2D eigenvalue weighted by molar-refractivity contribution is -0.384. The number of amides is 1. The van der Waals surface area contributed by atoms with Gasteiger partial charge in [0.2, 0.25) is 5.91 Å². The Balaban J connectivity index is 2.32. The van der Waals surface area contributed by atoms with Crippen molar-refractivity contribution in [2.24, 2.45) is 0 Å². The first-order chi connectivity index (χ1) is 11.9. The summed E-state index contributed by atoms with van der Waals surface area (Å²) in [6, 6.07) is 14.8. The molecule has 0 saturated heterocycles. The number of nitriles is 1. The molecular weight excluding hydrogens is 320 g/mol. The molecule has 2 aromatic carbocycles. The van der Waals surface area contributed by atoms with E-state index in [1.165, 1.54) is 23.1 Å². The van der Waals surface area contributed by atoms with Crippen molar-refractivity contribution in [3.8, 4) is 6.07 Å². The van der Waals surface area contributed by atoms with Crippen molar-refractivity contribution >= 4 is 17.3 Å². The number of anilines is 1. The van der Waals surface area contributed by atoms with E-state index in [0.29, 0.717) is 12.1 Å². The van der Waals surface area contributed by atoms with Crippen LogP contribution >= 0.6 is 0 Å². The van der Waals surface area contributed by atoms with Crippen molar-refractivity contribution in [3.63, 3.8) is 0 Å². The van der Waals surface area contributed by atoms with Gasteiger partial charge in [-0.2, -0.15) is 5.26 Å². The average Bonchev–Trinajstić information content (AvgIpc) is 2.61. The smallest absolute Gasteiger partial charge is 0.270 e. The maximum atomic E-state index is 12.5. The molecule has 1 N–H and O–H groups in total. The summed E-state index contributed by atoms with van der Waals surface area (Å²) in [4.78, 5) is 24.3. The fourth-order valence-electron chi connectivity index (χ4n) is 2.41. The Kier molecular flexibility index (Phi) is 5.69. The normalized spacial score (nSPS) is 11.2. The first kappa shape index (κ1) is 17.9. The van der Waals surface area contributed by atoms with Crippen LogP contribution in [0.3, 0.4) is 0 Å². The molecule has 25 heavy (non-hydrogen) atoms.